The van der Waals surface area contributed by atoms with Crippen molar-refractivity contribution in [2.24, 2.45) is 5.41 Å². The molecule has 1 aromatic carbocycles. The summed E-state index contributed by atoms with van der Waals surface area (Å²) in [6.45, 7) is 3.56. The standard InChI is InChI=1S/C12H15NO4/c1-12(2,11(14)17-3)8-9-4-6-10(7-5-9)13(15)16/h4-7H,8H2,1-3H3. The number of carbonyl (C=O) groups excluding carboxylic acids is 1. The molecule has 17 heavy (non-hydrogen) atoms. The van der Waals surface area contributed by atoms with Gasteiger partial charge < -0.3 is 4.74 Å². The summed E-state index contributed by atoms with van der Waals surface area (Å²) in [6, 6.07) is 6.18. The molecule has 0 aliphatic rings. The molecule has 0 heterocycles. The zero-order valence-corrected chi connectivity index (χ0v) is 10.1. The van der Waals surface area contributed by atoms with Crippen molar-refractivity contribution in [3.05, 3.63) is 39.9 Å². The number of rotatable bonds is 4. The van der Waals surface area contributed by atoms with E-state index in [0.29, 0.717) is 6.42 Å². The molecule has 1 aromatic rings. The van der Waals surface area contributed by atoms with Gasteiger partial charge >= 0.3 is 5.97 Å². The molecule has 0 aromatic heterocycles. The van der Waals surface area contributed by atoms with E-state index in [2.05, 4.69) is 0 Å². The molecule has 0 spiro atoms. The van der Waals surface area contributed by atoms with Gasteiger partial charge in [0, 0.05) is 12.1 Å². The Kier molecular flexibility index (Phi) is 3.83. The predicted molar refractivity (Wildman–Crippen MR) is 62.6 cm³/mol. The van der Waals surface area contributed by atoms with Gasteiger partial charge in [0.2, 0.25) is 0 Å². The number of non-ortho nitro benzene ring substituents is 1. The van der Waals surface area contributed by atoms with Crippen molar-refractivity contribution >= 4 is 11.7 Å². The lowest BCUT2D eigenvalue weighted by Crippen LogP contribution is -2.27. The van der Waals surface area contributed by atoms with E-state index in [1.807, 2.05) is 0 Å². The Morgan fingerprint density at radius 1 is 1.35 bits per heavy atom. The molecule has 0 saturated carbocycles. The number of esters is 1. The van der Waals surface area contributed by atoms with E-state index in [-0.39, 0.29) is 11.7 Å². The molecule has 0 aliphatic heterocycles. The van der Waals surface area contributed by atoms with Gasteiger partial charge in [0.05, 0.1) is 17.4 Å². The summed E-state index contributed by atoms with van der Waals surface area (Å²) in [5.41, 5.74) is 0.279. The van der Waals surface area contributed by atoms with Crippen molar-refractivity contribution in [3.63, 3.8) is 0 Å². The number of hydrogen-bond donors (Lipinski definition) is 0. The van der Waals surface area contributed by atoms with Crippen LogP contribution in [0.3, 0.4) is 0 Å². The third-order valence-electron chi connectivity index (χ3n) is 2.53. The fourth-order valence-corrected chi connectivity index (χ4v) is 1.59. The first-order valence-corrected chi connectivity index (χ1v) is 5.18. The smallest absolute Gasteiger partial charge is 0.311 e. The predicted octanol–water partition coefficient (Wildman–Crippen LogP) is 2.34. The van der Waals surface area contributed by atoms with Crippen LogP contribution in [0.4, 0.5) is 5.69 Å². The first-order valence-electron chi connectivity index (χ1n) is 5.18. The normalized spacial score (nSPS) is 11.0. The van der Waals surface area contributed by atoms with E-state index >= 15 is 0 Å². The van der Waals surface area contributed by atoms with Gasteiger partial charge in [-0.2, -0.15) is 0 Å². The Hall–Kier alpha value is -1.91. The topological polar surface area (TPSA) is 69.4 Å². The molecule has 0 aliphatic carbocycles. The Balaban J connectivity index is 2.82. The van der Waals surface area contributed by atoms with Gasteiger partial charge in [-0.15, -0.1) is 0 Å². The maximum Gasteiger partial charge on any atom is 0.311 e. The van der Waals surface area contributed by atoms with E-state index in [4.69, 9.17) is 4.74 Å². The number of hydrogen-bond acceptors (Lipinski definition) is 4. The SMILES string of the molecule is COC(=O)C(C)(C)Cc1ccc([N+](=O)[O-])cc1. The summed E-state index contributed by atoms with van der Waals surface area (Å²) in [5.74, 6) is -0.296. The van der Waals surface area contributed by atoms with Crippen LogP contribution < -0.4 is 0 Å². The molecule has 0 unspecified atom stereocenters. The van der Waals surface area contributed by atoms with E-state index in [9.17, 15) is 14.9 Å². The van der Waals surface area contributed by atoms with E-state index < -0.39 is 10.3 Å². The van der Waals surface area contributed by atoms with Crippen LogP contribution in [0.15, 0.2) is 24.3 Å². The maximum atomic E-state index is 11.5. The number of nitrogens with zero attached hydrogens (tertiary/aromatic N) is 1. The molecular formula is C12H15NO4. The third-order valence-corrected chi connectivity index (χ3v) is 2.53. The lowest BCUT2D eigenvalue weighted by Gasteiger charge is -2.21. The van der Waals surface area contributed by atoms with Gasteiger partial charge in [0.1, 0.15) is 0 Å². The van der Waals surface area contributed by atoms with Crippen LogP contribution in [-0.2, 0) is 16.0 Å². The van der Waals surface area contributed by atoms with Crippen LogP contribution in [0.2, 0.25) is 0 Å². The Morgan fingerprint density at radius 3 is 2.29 bits per heavy atom. The third kappa shape index (κ3) is 3.27. The van der Waals surface area contributed by atoms with Crippen molar-refractivity contribution in [3.8, 4) is 0 Å². The van der Waals surface area contributed by atoms with Crippen LogP contribution in [0.1, 0.15) is 19.4 Å². The number of benzene rings is 1. The number of nitro benzene ring substituents is 1. The zero-order chi connectivity index (χ0) is 13.1. The van der Waals surface area contributed by atoms with Gasteiger partial charge in [0.25, 0.3) is 5.69 Å². The maximum absolute atomic E-state index is 11.5. The first-order chi connectivity index (χ1) is 7.86. The average Bonchev–Trinajstić information content (AvgIpc) is 2.28. The molecule has 0 amide bonds. The van der Waals surface area contributed by atoms with Crippen molar-refractivity contribution in [1.29, 1.82) is 0 Å². The highest BCUT2D eigenvalue weighted by atomic mass is 16.6. The van der Waals surface area contributed by atoms with Crippen LogP contribution in [0.5, 0.6) is 0 Å². The second kappa shape index (κ2) is 4.95. The summed E-state index contributed by atoms with van der Waals surface area (Å²) in [6.07, 6.45) is 0.484. The highest BCUT2D eigenvalue weighted by molar-refractivity contribution is 5.76. The molecule has 0 saturated heterocycles. The molecule has 92 valence electrons. The molecule has 5 nitrogen and oxygen atoms in total. The van der Waals surface area contributed by atoms with E-state index in [1.54, 1.807) is 26.0 Å². The highest BCUT2D eigenvalue weighted by Crippen LogP contribution is 2.24. The van der Waals surface area contributed by atoms with Crippen LogP contribution in [0.25, 0.3) is 0 Å². The summed E-state index contributed by atoms with van der Waals surface area (Å²) >= 11 is 0. The molecular weight excluding hydrogens is 222 g/mol. The van der Waals surface area contributed by atoms with Gasteiger partial charge in [-0.05, 0) is 25.8 Å². The van der Waals surface area contributed by atoms with Crippen molar-refractivity contribution in [2.45, 2.75) is 20.3 Å². The van der Waals surface area contributed by atoms with Crippen LogP contribution in [-0.4, -0.2) is 18.0 Å². The summed E-state index contributed by atoms with van der Waals surface area (Å²) < 4.78 is 4.70. The largest absolute Gasteiger partial charge is 0.469 e. The van der Waals surface area contributed by atoms with Gasteiger partial charge in [-0.1, -0.05) is 12.1 Å². The molecule has 0 fully saturated rings. The number of ether oxygens (including phenoxy) is 1. The van der Waals surface area contributed by atoms with Gasteiger partial charge in [0.15, 0.2) is 0 Å². The average molecular weight is 237 g/mol. The minimum atomic E-state index is -0.634. The molecule has 1 rings (SSSR count). The number of nitro groups is 1. The molecule has 0 N–H and O–H groups in total. The molecule has 5 heteroatoms. The monoisotopic (exact) mass is 237 g/mol. The quantitative estimate of drug-likeness (QED) is 0.458. The highest BCUT2D eigenvalue weighted by Gasteiger charge is 2.28. The number of carbonyl (C=O) groups is 1. The van der Waals surface area contributed by atoms with Crippen molar-refractivity contribution < 1.29 is 14.5 Å². The van der Waals surface area contributed by atoms with Crippen LogP contribution in [0, 0.1) is 15.5 Å². The minimum Gasteiger partial charge on any atom is -0.469 e. The van der Waals surface area contributed by atoms with E-state index in [1.165, 1.54) is 19.2 Å². The van der Waals surface area contributed by atoms with Crippen LogP contribution >= 0.6 is 0 Å². The second-order valence-electron chi connectivity index (χ2n) is 4.48. The molecule has 0 atom stereocenters. The Morgan fingerprint density at radius 2 is 1.88 bits per heavy atom. The van der Waals surface area contributed by atoms with Crippen molar-refractivity contribution in [2.75, 3.05) is 7.11 Å². The summed E-state index contributed by atoms with van der Waals surface area (Å²) in [7, 11) is 1.35. The first kappa shape index (κ1) is 13.2. The lowest BCUT2D eigenvalue weighted by molar-refractivity contribution is -0.384. The lowest BCUT2D eigenvalue weighted by atomic mass is 9.86. The second-order valence-corrected chi connectivity index (χ2v) is 4.48. The zero-order valence-electron chi connectivity index (χ0n) is 10.1. The van der Waals surface area contributed by atoms with Crippen molar-refractivity contribution in [1.82, 2.24) is 0 Å². The van der Waals surface area contributed by atoms with Gasteiger partial charge in [-0.25, -0.2) is 0 Å². The Bertz CT molecular complexity index is 423. The summed E-state index contributed by atoms with van der Waals surface area (Å²) in [5, 5.41) is 10.5. The van der Waals surface area contributed by atoms with Gasteiger partial charge in [-0.3, -0.25) is 14.9 Å². The molecule has 0 bridgehead atoms. The fraction of sp³-hybridized carbons (Fsp3) is 0.417. The molecule has 0 radical (unpaired) electrons. The summed E-state index contributed by atoms with van der Waals surface area (Å²) in [4.78, 5) is 21.5. The Labute approximate surface area is 99.5 Å². The number of methoxy groups -OCH3 is 1. The fourth-order valence-electron chi connectivity index (χ4n) is 1.59. The minimum absolute atomic E-state index is 0.0459. The van der Waals surface area contributed by atoms with E-state index in [0.717, 1.165) is 5.56 Å².